The van der Waals surface area contributed by atoms with Gasteiger partial charge in [0.15, 0.2) is 0 Å². The van der Waals surface area contributed by atoms with E-state index >= 15 is 0 Å². The van der Waals surface area contributed by atoms with E-state index in [4.69, 9.17) is 5.73 Å². The van der Waals surface area contributed by atoms with Gasteiger partial charge in [0.2, 0.25) is 0 Å². The Morgan fingerprint density at radius 3 is 3.12 bits per heavy atom. The molecule has 16 heavy (non-hydrogen) atoms. The molecule has 1 heterocycles. The molecule has 1 aliphatic carbocycles. The Hall–Kier alpha value is -0.480. The minimum absolute atomic E-state index is 0.0791. The summed E-state index contributed by atoms with van der Waals surface area (Å²) in [6, 6.07) is 0.684. The van der Waals surface area contributed by atoms with E-state index in [1.807, 2.05) is 19.4 Å². The summed E-state index contributed by atoms with van der Waals surface area (Å²) in [7, 11) is 0. The summed E-state index contributed by atoms with van der Waals surface area (Å²) in [6.45, 7) is 4.27. The lowest BCUT2D eigenvalue weighted by atomic mass is 10.2. The molecule has 0 spiro atoms. The molecule has 1 saturated carbocycles. The Morgan fingerprint density at radius 1 is 1.62 bits per heavy atom. The fourth-order valence-corrected chi connectivity index (χ4v) is 3.83. The van der Waals surface area contributed by atoms with Crippen molar-refractivity contribution in [3.05, 3.63) is 18.2 Å². The second kappa shape index (κ2) is 5.23. The van der Waals surface area contributed by atoms with Crippen molar-refractivity contribution in [2.24, 2.45) is 5.73 Å². The SMILES string of the molecule is CCSC1CCCC1n1cncc1[C@@H](C)N. The highest BCUT2D eigenvalue weighted by atomic mass is 32.2. The van der Waals surface area contributed by atoms with Crippen molar-refractivity contribution in [3.63, 3.8) is 0 Å². The topological polar surface area (TPSA) is 43.8 Å². The molecule has 0 radical (unpaired) electrons. The lowest BCUT2D eigenvalue weighted by Crippen LogP contribution is -2.20. The molecular formula is C12H21N3S. The summed E-state index contributed by atoms with van der Waals surface area (Å²) in [5, 5.41) is 0.747. The van der Waals surface area contributed by atoms with Crippen LogP contribution in [0.4, 0.5) is 0 Å². The summed E-state index contributed by atoms with van der Waals surface area (Å²) >= 11 is 2.08. The van der Waals surface area contributed by atoms with E-state index < -0.39 is 0 Å². The summed E-state index contributed by atoms with van der Waals surface area (Å²) < 4.78 is 2.31. The van der Waals surface area contributed by atoms with Crippen LogP contribution in [0.5, 0.6) is 0 Å². The zero-order valence-electron chi connectivity index (χ0n) is 10.1. The van der Waals surface area contributed by atoms with Crippen LogP contribution in [0.2, 0.25) is 0 Å². The van der Waals surface area contributed by atoms with Crippen LogP contribution in [-0.4, -0.2) is 20.6 Å². The van der Waals surface area contributed by atoms with Crippen molar-refractivity contribution >= 4 is 11.8 Å². The average Bonchev–Trinajstić information content (AvgIpc) is 2.83. The van der Waals surface area contributed by atoms with Crippen molar-refractivity contribution < 1.29 is 0 Å². The Bertz CT molecular complexity index is 335. The van der Waals surface area contributed by atoms with Gasteiger partial charge in [-0.1, -0.05) is 13.3 Å². The highest BCUT2D eigenvalue weighted by Crippen LogP contribution is 2.39. The highest BCUT2D eigenvalue weighted by molar-refractivity contribution is 7.99. The van der Waals surface area contributed by atoms with Gasteiger partial charge in [-0.15, -0.1) is 0 Å². The first-order chi connectivity index (χ1) is 7.74. The zero-order chi connectivity index (χ0) is 11.5. The Labute approximate surface area is 102 Å². The van der Waals surface area contributed by atoms with Gasteiger partial charge in [0.1, 0.15) is 0 Å². The van der Waals surface area contributed by atoms with Crippen molar-refractivity contribution in [2.45, 2.75) is 50.4 Å². The minimum atomic E-state index is 0.0791. The molecule has 1 aliphatic rings. The summed E-state index contributed by atoms with van der Waals surface area (Å²) in [4.78, 5) is 4.26. The van der Waals surface area contributed by atoms with E-state index in [9.17, 15) is 0 Å². The molecule has 3 atom stereocenters. The largest absolute Gasteiger partial charge is 0.329 e. The number of rotatable bonds is 4. The van der Waals surface area contributed by atoms with Crippen LogP contribution in [0.1, 0.15) is 50.9 Å². The average molecular weight is 239 g/mol. The molecular weight excluding hydrogens is 218 g/mol. The van der Waals surface area contributed by atoms with Crippen molar-refractivity contribution in [2.75, 3.05) is 5.75 Å². The molecule has 0 saturated heterocycles. The van der Waals surface area contributed by atoms with E-state index in [1.54, 1.807) is 0 Å². The number of nitrogens with zero attached hydrogens (tertiary/aromatic N) is 2. The van der Waals surface area contributed by atoms with Crippen LogP contribution in [0, 0.1) is 0 Å². The molecule has 3 nitrogen and oxygen atoms in total. The zero-order valence-corrected chi connectivity index (χ0v) is 10.9. The third-order valence-electron chi connectivity index (χ3n) is 3.32. The smallest absolute Gasteiger partial charge is 0.0951 e. The van der Waals surface area contributed by atoms with E-state index in [1.165, 1.54) is 30.7 Å². The second-order valence-electron chi connectivity index (χ2n) is 4.51. The molecule has 4 heteroatoms. The first-order valence-corrected chi connectivity index (χ1v) is 7.17. The predicted molar refractivity (Wildman–Crippen MR) is 69.6 cm³/mol. The van der Waals surface area contributed by atoms with Crippen LogP contribution in [0.3, 0.4) is 0 Å². The number of thioether (sulfide) groups is 1. The van der Waals surface area contributed by atoms with Gasteiger partial charge in [0.25, 0.3) is 0 Å². The third kappa shape index (κ3) is 2.28. The van der Waals surface area contributed by atoms with Crippen LogP contribution in [0.15, 0.2) is 12.5 Å². The molecule has 2 unspecified atom stereocenters. The molecule has 0 aliphatic heterocycles. The van der Waals surface area contributed by atoms with Crippen LogP contribution >= 0.6 is 11.8 Å². The van der Waals surface area contributed by atoms with E-state index in [0.29, 0.717) is 6.04 Å². The standard InChI is InChI=1S/C12H21N3S/c1-3-16-12-6-4-5-10(12)15-8-14-7-11(15)9(2)13/h7-10,12H,3-6,13H2,1-2H3/t9-,10?,12?/m1/s1. The van der Waals surface area contributed by atoms with Gasteiger partial charge in [0, 0.05) is 23.5 Å². The fraction of sp³-hybridized carbons (Fsp3) is 0.750. The van der Waals surface area contributed by atoms with Gasteiger partial charge in [0.05, 0.1) is 12.0 Å². The minimum Gasteiger partial charge on any atom is -0.329 e. The van der Waals surface area contributed by atoms with Crippen LogP contribution < -0.4 is 5.73 Å². The molecule has 90 valence electrons. The van der Waals surface area contributed by atoms with Gasteiger partial charge in [-0.3, -0.25) is 0 Å². The van der Waals surface area contributed by atoms with Crippen LogP contribution in [-0.2, 0) is 0 Å². The Balaban J connectivity index is 2.19. The summed E-state index contributed by atoms with van der Waals surface area (Å²) in [5.74, 6) is 1.20. The molecule has 0 aromatic carbocycles. The lowest BCUT2D eigenvalue weighted by molar-refractivity contribution is 0.497. The summed E-state index contributed by atoms with van der Waals surface area (Å²) in [6.07, 6.45) is 7.81. The molecule has 1 aromatic rings. The molecule has 1 fully saturated rings. The normalized spacial score (nSPS) is 27.2. The molecule has 2 N–H and O–H groups in total. The maximum Gasteiger partial charge on any atom is 0.0951 e. The first-order valence-electron chi connectivity index (χ1n) is 6.13. The molecule has 0 amide bonds. The van der Waals surface area contributed by atoms with Crippen molar-refractivity contribution in [1.29, 1.82) is 0 Å². The fourth-order valence-electron chi connectivity index (χ4n) is 2.58. The monoisotopic (exact) mass is 239 g/mol. The van der Waals surface area contributed by atoms with Crippen molar-refractivity contribution in [1.82, 2.24) is 9.55 Å². The number of hydrogen-bond acceptors (Lipinski definition) is 3. The Morgan fingerprint density at radius 2 is 2.44 bits per heavy atom. The maximum atomic E-state index is 5.98. The third-order valence-corrected chi connectivity index (χ3v) is 4.63. The predicted octanol–water partition coefficient (Wildman–Crippen LogP) is 2.75. The second-order valence-corrected chi connectivity index (χ2v) is 6.02. The number of imidazole rings is 1. The van der Waals surface area contributed by atoms with Crippen LogP contribution in [0.25, 0.3) is 0 Å². The quantitative estimate of drug-likeness (QED) is 0.878. The number of aromatic nitrogens is 2. The van der Waals surface area contributed by atoms with Gasteiger partial charge >= 0.3 is 0 Å². The lowest BCUT2D eigenvalue weighted by Gasteiger charge is -2.23. The Kier molecular flexibility index (Phi) is 3.92. The maximum absolute atomic E-state index is 5.98. The van der Waals surface area contributed by atoms with E-state index in [2.05, 4.69) is 28.2 Å². The van der Waals surface area contributed by atoms with Gasteiger partial charge in [-0.25, -0.2) is 4.98 Å². The number of hydrogen-bond donors (Lipinski definition) is 1. The van der Waals surface area contributed by atoms with Gasteiger partial charge in [-0.2, -0.15) is 11.8 Å². The highest BCUT2D eigenvalue weighted by Gasteiger charge is 2.30. The van der Waals surface area contributed by atoms with Gasteiger partial charge in [-0.05, 0) is 25.5 Å². The molecule has 0 bridgehead atoms. The summed E-state index contributed by atoms with van der Waals surface area (Å²) in [5.41, 5.74) is 7.15. The number of nitrogens with two attached hydrogens (primary N) is 1. The van der Waals surface area contributed by atoms with E-state index in [-0.39, 0.29) is 6.04 Å². The first kappa shape index (κ1) is 12.0. The molecule has 2 rings (SSSR count). The molecule has 1 aromatic heterocycles. The van der Waals surface area contributed by atoms with E-state index in [0.717, 1.165) is 5.25 Å². The van der Waals surface area contributed by atoms with Gasteiger partial charge < -0.3 is 10.3 Å². The van der Waals surface area contributed by atoms with Crippen molar-refractivity contribution in [3.8, 4) is 0 Å².